The summed E-state index contributed by atoms with van der Waals surface area (Å²) in [6, 6.07) is 18.0. The van der Waals surface area contributed by atoms with Crippen LogP contribution in [0.2, 0.25) is 0 Å². The minimum absolute atomic E-state index is 0.0920. The predicted octanol–water partition coefficient (Wildman–Crippen LogP) is 3.09. The van der Waals surface area contributed by atoms with Crippen molar-refractivity contribution < 1.29 is 14.5 Å². The zero-order chi connectivity index (χ0) is 22.5. The largest absolute Gasteiger partial charge is 0.477 e. The first kappa shape index (κ1) is 21.2. The molecule has 0 aliphatic carbocycles. The zero-order valence-corrected chi connectivity index (χ0v) is 17.7. The molecule has 1 saturated heterocycles. The second-order valence-corrected chi connectivity index (χ2v) is 7.41. The molecule has 2 aromatic carbocycles. The molecule has 9 heteroatoms. The molecule has 32 heavy (non-hydrogen) atoms. The summed E-state index contributed by atoms with van der Waals surface area (Å²) in [5.41, 5.74) is 1.74. The molecule has 2 heterocycles. The Kier molecular flexibility index (Phi) is 6.25. The summed E-state index contributed by atoms with van der Waals surface area (Å²) < 4.78 is 5.44. The van der Waals surface area contributed by atoms with E-state index in [0.29, 0.717) is 32.0 Å². The lowest BCUT2D eigenvalue weighted by Crippen LogP contribution is -2.50. The quantitative estimate of drug-likeness (QED) is 0.435. The van der Waals surface area contributed by atoms with Crippen molar-refractivity contribution >= 4 is 17.4 Å². The van der Waals surface area contributed by atoms with Crippen LogP contribution < -0.4 is 9.64 Å². The van der Waals surface area contributed by atoms with E-state index in [4.69, 9.17) is 4.74 Å². The number of aromatic nitrogens is 2. The molecule has 0 bridgehead atoms. The lowest BCUT2D eigenvalue weighted by Gasteiger charge is -2.35. The molecule has 3 aromatic rings. The molecule has 0 spiro atoms. The molecular weight excluding hydrogens is 410 g/mol. The minimum Gasteiger partial charge on any atom is -0.477 e. The summed E-state index contributed by atoms with van der Waals surface area (Å²) in [5, 5.41) is 11.1. The van der Waals surface area contributed by atoms with E-state index in [1.54, 1.807) is 17.0 Å². The molecule has 0 N–H and O–H groups in total. The van der Waals surface area contributed by atoms with Gasteiger partial charge in [-0.15, -0.1) is 0 Å². The SMILES string of the molecule is Cc1nc(-c2ccccc2)cc(N2CCN(C(=O)COc3ccccc3[N+](=O)[O-])CC2)n1. The number of nitro groups is 1. The highest BCUT2D eigenvalue weighted by atomic mass is 16.6. The van der Waals surface area contributed by atoms with Crippen LogP contribution in [0.15, 0.2) is 60.7 Å². The fraction of sp³-hybridized carbons (Fsp3) is 0.261. The summed E-state index contributed by atoms with van der Waals surface area (Å²) >= 11 is 0. The van der Waals surface area contributed by atoms with Gasteiger partial charge in [0.05, 0.1) is 10.6 Å². The van der Waals surface area contributed by atoms with E-state index in [0.717, 1.165) is 17.1 Å². The number of carbonyl (C=O) groups excluding carboxylic acids is 1. The van der Waals surface area contributed by atoms with Gasteiger partial charge in [-0.2, -0.15) is 0 Å². The van der Waals surface area contributed by atoms with Crippen LogP contribution in [0.3, 0.4) is 0 Å². The number of amides is 1. The minimum atomic E-state index is -0.522. The van der Waals surface area contributed by atoms with Crippen LogP contribution in [0, 0.1) is 17.0 Å². The molecule has 9 nitrogen and oxygen atoms in total. The fourth-order valence-electron chi connectivity index (χ4n) is 3.62. The van der Waals surface area contributed by atoms with Crippen molar-refractivity contribution in [2.75, 3.05) is 37.7 Å². The van der Waals surface area contributed by atoms with Gasteiger partial charge in [-0.3, -0.25) is 14.9 Å². The van der Waals surface area contributed by atoms with Crippen LogP contribution in [-0.4, -0.2) is 58.5 Å². The third-order valence-corrected chi connectivity index (χ3v) is 5.26. The van der Waals surface area contributed by atoms with Crippen LogP contribution in [0.1, 0.15) is 5.82 Å². The monoisotopic (exact) mass is 433 g/mol. The lowest BCUT2D eigenvalue weighted by atomic mass is 10.1. The maximum absolute atomic E-state index is 12.6. The number of carbonyl (C=O) groups is 1. The molecule has 4 rings (SSSR count). The Labute approximate surface area is 185 Å². The molecule has 1 fully saturated rings. The van der Waals surface area contributed by atoms with Crippen LogP contribution in [0.25, 0.3) is 11.3 Å². The zero-order valence-electron chi connectivity index (χ0n) is 17.7. The predicted molar refractivity (Wildman–Crippen MR) is 120 cm³/mol. The smallest absolute Gasteiger partial charge is 0.310 e. The highest BCUT2D eigenvalue weighted by Gasteiger charge is 2.24. The number of ether oxygens (including phenoxy) is 1. The molecule has 164 valence electrons. The number of hydrogen-bond donors (Lipinski definition) is 0. The number of piperazine rings is 1. The molecule has 0 atom stereocenters. The lowest BCUT2D eigenvalue weighted by molar-refractivity contribution is -0.385. The molecule has 0 unspecified atom stereocenters. The number of nitrogens with zero attached hydrogens (tertiary/aromatic N) is 5. The van der Waals surface area contributed by atoms with Gasteiger partial charge in [0.2, 0.25) is 0 Å². The number of anilines is 1. The highest BCUT2D eigenvalue weighted by molar-refractivity contribution is 5.78. The number of hydrogen-bond acceptors (Lipinski definition) is 7. The van der Waals surface area contributed by atoms with Gasteiger partial charge in [0.15, 0.2) is 12.4 Å². The Morgan fingerprint density at radius 2 is 1.72 bits per heavy atom. The van der Waals surface area contributed by atoms with E-state index in [-0.39, 0.29) is 24.0 Å². The van der Waals surface area contributed by atoms with Crippen molar-refractivity contribution in [3.8, 4) is 17.0 Å². The molecule has 0 saturated carbocycles. The van der Waals surface area contributed by atoms with E-state index in [9.17, 15) is 14.9 Å². The van der Waals surface area contributed by atoms with E-state index in [1.807, 2.05) is 43.3 Å². The van der Waals surface area contributed by atoms with E-state index in [1.165, 1.54) is 12.1 Å². The number of aryl methyl sites for hydroxylation is 1. The normalized spacial score (nSPS) is 13.7. The van der Waals surface area contributed by atoms with Gasteiger partial charge in [-0.05, 0) is 13.0 Å². The first-order valence-electron chi connectivity index (χ1n) is 10.3. The topological polar surface area (TPSA) is 102 Å². The van der Waals surface area contributed by atoms with Crippen molar-refractivity contribution in [1.29, 1.82) is 0 Å². The van der Waals surface area contributed by atoms with Crippen molar-refractivity contribution in [3.63, 3.8) is 0 Å². The molecule has 1 amide bonds. The number of para-hydroxylation sites is 2. The fourth-order valence-corrected chi connectivity index (χ4v) is 3.62. The second kappa shape index (κ2) is 9.42. The van der Waals surface area contributed by atoms with E-state index >= 15 is 0 Å². The summed E-state index contributed by atoms with van der Waals surface area (Å²) in [7, 11) is 0. The first-order valence-corrected chi connectivity index (χ1v) is 10.3. The Balaban J connectivity index is 1.37. The molecule has 1 aliphatic heterocycles. The van der Waals surface area contributed by atoms with Gasteiger partial charge < -0.3 is 14.5 Å². The van der Waals surface area contributed by atoms with Gasteiger partial charge in [0, 0.05) is 43.9 Å². The van der Waals surface area contributed by atoms with E-state index < -0.39 is 4.92 Å². The highest BCUT2D eigenvalue weighted by Crippen LogP contribution is 2.26. The Hall–Kier alpha value is -4.01. The Morgan fingerprint density at radius 1 is 1.03 bits per heavy atom. The van der Waals surface area contributed by atoms with Gasteiger partial charge in [0.25, 0.3) is 5.91 Å². The van der Waals surface area contributed by atoms with Crippen LogP contribution in [0.5, 0.6) is 5.75 Å². The van der Waals surface area contributed by atoms with Crippen molar-refractivity contribution in [1.82, 2.24) is 14.9 Å². The van der Waals surface area contributed by atoms with Crippen LogP contribution in [-0.2, 0) is 4.79 Å². The van der Waals surface area contributed by atoms with Gasteiger partial charge in [-0.25, -0.2) is 9.97 Å². The maximum Gasteiger partial charge on any atom is 0.310 e. The molecular formula is C23H23N5O4. The third kappa shape index (κ3) is 4.83. The summed E-state index contributed by atoms with van der Waals surface area (Å²) in [6.07, 6.45) is 0. The summed E-state index contributed by atoms with van der Waals surface area (Å²) in [6.45, 7) is 3.92. The molecule has 0 radical (unpaired) electrons. The van der Waals surface area contributed by atoms with Crippen LogP contribution >= 0.6 is 0 Å². The number of rotatable bonds is 6. The van der Waals surface area contributed by atoms with Gasteiger partial charge in [-0.1, -0.05) is 42.5 Å². The average molecular weight is 433 g/mol. The summed E-state index contributed by atoms with van der Waals surface area (Å²) in [4.78, 5) is 36.1. The van der Waals surface area contributed by atoms with E-state index in [2.05, 4.69) is 14.9 Å². The Morgan fingerprint density at radius 3 is 2.44 bits per heavy atom. The Bertz CT molecular complexity index is 1110. The average Bonchev–Trinajstić information content (AvgIpc) is 2.83. The molecule has 1 aliphatic rings. The number of nitro benzene ring substituents is 1. The van der Waals surface area contributed by atoms with Crippen LogP contribution in [0.4, 0.5) is 11.5 Å². The molecule has 1 aromatic heterocycles. The second-order valence-electron chi connectivity index (χ2n) is 7.41. The standard InChI is InChI=1S/C23H23N5O4/c1-17-24-19(18-7-3-2-4-8-18)15-22(25-17)26-11-13-27(14-12-26)23(29)16-32-21-10-6-5-9-20(21)28(30)31/h2-10,15H,11-14,16H2,1H3. The maximum atomic E-state index is 12.6. The van der Waals surface area contributed by atoms with Gasteiger partial charge in [0.1, 0.15) is 11.6 Å². The van der Waals surface area contributed by atoms with Crippen molar-refractivity contribution in [2.24, 2.45) is 0 Å². The summed E-state index contributed by atoms with van der Waals surface area (Å²) in [5.74, 6) is 1.42. The van der Waals surface area contributed by atoms with Gasteiger partial charge >= 0.3 is 5.69 Å². The van der Waals surface area contributed by atoms with Crippen molar-refractivity contribution in [2.45, 2.75) is 6.92 Å². The first-order chi connectivity index (χ1) is 15.5. The third-order valence-electron chi connectivity index (χ3n) is 5.26. The van der Waals surface area contributed by atoms with Crippen molar-refractivity contribution in [3.05, 3.63) is 76.6 Å². The number of benzene rings is 2.